The molecule has 0 aromatic heterocycles. The van der Waals surface area contributed by atoms with Crippen molar-refractivity contribution in [2.24, 2.45) is 5.73 Å². The van der Waals surface area contributed by atoms with Gasteiger partial charge in [0, 0.05) is 18.8 Å². The largest absolute Gasteiger partial charge is 0.324 e. The molecule has 1 atom stereocenters. The first kappa shape index (κ1) is 12.4. The summed E-state index contributed by atoms with van der Waals surface area (Å²) in [6.45, 7) is 1.98. The Bertz CT molecular complexity index is 480. The van der Waals surface area contributed by atoms with Crippen molar-refractivity contribution in [3.63, 3.8) is 0 Å². The highest BCUT2D eigenvalue weighted by molar-refractivity contribution is 6.10. The Morgan fingerprint density at radius 2 is 2.06 bits per heavy atom. The van der Waals surface area contributed by atoms with E-state index in [2.05, 4.69) is 6.07 Å². The number of benzene rings is 1. The van der Waals surface area contributed by atoms with E-state index in [0.717, 1.165) is 24.1 Å². The van der Waals surface area contributed by atoms with E-state index < -0.39 is 0 Å². The van der Waals surface area contributed by atoms with Crippen LogP contribution in [0.25, 0.3) is 0 Å². The van der Waals surface area contributed by atoms with Gasteiger partial charge in [-0.2, -0.15) is 0 Å². The highest BCUT2D eigenvalue weighted by atomic mass is 35.5. The standard InChI is InChI=1S/C13H16N2O.ClH/c1-8(14)9-4-3-5-10-11(9)13(6-7-13)12(16)15(10)2;/h3-5,8H,6-7,14H2,1-2H3;1H. The number of hydrogen-bond donors (Lipinski definition) is 1. The van der Waals surface area contributed by atoms with Crippen LogP contribution in [0.3, 0.4) is 0 Å². The fourth-order valence-corrected chi connectivity index (χ4v) is 2.86. The maximum atomic E-state index is 12.2. The third-order valence-electron chi connectivity index (χ3n) is 3.87. The average molecular weight is 253 g/mol. The molecule has 1 aromatic carbocycles. The minimum Gasteiger partial charge on any atom is -0.324 e. The molecule has 3 rings (SSSR count). The van der Waals surface area contributed by atoms with Crippen LogP contribution in [0, 0.1) is 0 Å². The molecular weight excluding hydrogens is 236 g/mol. The predicted molar refractivity (Wildman–Crippen MR) is 70.6 cm³/mol. The third kappa shape index (κ3) is 1.42. The zero-order valence-electron chi connectivity index (χ0n) is 10.1. The zero-order chi connectivity index (χ0) is 11.5. The molecule has 1 amide bonds. The summed E-state index contributed by atoms with van der Waals surface area (Å²) in [5, 5.41) is 0. The van der Waals surface area contributed by atoms with Gasteiger partial charge in [-0.25, -0.2) is 0 Å². The van der Waals surface area contributed by atoms with Gasteiger partial charge in [-0.1, -0.05) is 12.1 Å². The predicted octanol–water partition coefficient (Wildman–Crippen LogP) is 2.14. The Kier molecular flexibility index (Phi) is 2.71. The van der Waals surface area contributed by atoms with E-state index in [9.17, 15) is 4.79 Å². The fraction of sp³-hybridized carbons (Fsp3) is 0.462. The van der Waals surface area contributed by atoms with Crippen LogP contribution in [0.1, 0.15) is 36.9 Å². The number of nitrogens with zero attached hydrogens (tertiary/aromatic N) is 1. The molecule has 0 radical (unpaired) electrons. The molecule has 0 saturated heterocycles. The molecule has 1 saturated carbocycles. The summed E-state index contributed by atoms with van der Waals surface area (Å²) >= 11 is 0. The Morgan fingerprint density at radius 3 is 2.59 bits per heavy atom. The van der Waals surface area contributed by atoms with Crippen molar-refractivity contribution in [1.29, 1.82) is 0 Å². The van der Waals surface area contributed by atoms with Gasteiger partial charge in [0.15, 0.2) is 0 Å². The van der Waals surface area contributed by atoms with E-state index in [-0.39, 0.29) is 29.8 Å². The van der Waals surface area contributed by atoms with Crippen molar-refractivity contribution in [2.45, 2.75) is 31.2 Å². The molecule has 1 heterocycles. The third-order valence-corrected chi connectivity index (χ3v) is 3.87. The van der Waals surface area contributed by atoms with E-state index in [1.807, 2.05) is 26.1 Å². The van der Waals surface area contributed by atoms with Gasteiger partial charge in [0.2, 0.25) is 5.91 Å². The quantitative estimate of drug-likeness (QED) is 0.832. The van der Waals surface area contributed by atoms with Gasteiger partial charge >= 0.3 is 0 Å². The summed E-state index contributed by atoms with van der Waals surface area (Å²) in [6, 6.07) is 6.05. The zero-order valence-corrected chi connectivity index (χ0v) is 10.9. The summed E-state index contributed by atoms with van der Waals surface area (Å²) in [5.74, 6) is 0.246. The molecule has 1 aliphatic heterocycles. The van der Waals surface area contributed by atoms with E-state index in [0.29, 0.717) is 0 Å². The maximum Gasteiger partial charge on any atom is 0.237 e. The summed E-state index contributed by atoms with van der Waals surface area (Å²) < 4.78 is 0. The van der Waals surface area contributed by atoms with Crippen molar-refractivity contribution in [3.05, 3.63) is 29.3 Å². The van der Waals surface area contributed by atoms with Crippen molar-refractivity contribution < 1.29 is 4.79 Å². The number of nitrogens with two attached hydrogens (primary N) is 1. The molecule has 92 valence electrons. The lowest BCUT2D eigenvalue weighted by Crippen LogP contribution is -2.28. The second-order valence-electron chi connectivity index (χ2n) is 4.98. The number of fused-ring (bicyclic) bond motifs is 2. The van der Waals surface area contributed by atoms with E-state index in [4.69, 9.17) is 5.73 Å². The summed E-state index contributed by atoms with van der Waals surface area (Å²) in [4.78, 5) is 14.0. The van der Waals surface area contributed by atoms with Gasteiger partial charge in [0.05, 0.1) is 5.41 Å². The monoisotopic (exact) mass is 252 g/mol. The van der Waals surface area contributed by atoms with Crippen molar-refractivity contribution in [2.75, 3.05) is 11.9 Å². The molecule has 2 aliphatic rings. The van der Waals surface area contributed by atoms with E-state index in [1.165, 1.54) is 5.56 Å². The highest BCUT2D eigenvalue weighted by Crippen LogP contribution is 2.58. The number of carbonyl (C=O) groups excluding carboxylic acids is 1. The van der Waals surface area contributed by atoms with Crippen LogP contribution in [-0.2, 0) is 10.2 Å². The van der Waals surface area contributed by atoms with Crippen LogP contribution in [0.4, 0.5) is 5.69 Å². The molecule has 4 heteroatoms. The first-order valence-corrected chi connectivity index (χ1v) is 5.75. The SMILES string of the molecule is CC(N)c1cccc2c1C1(CC1)C(=O)N2C.Cl. The second-order valence-corrected chi connectivity index (χ2v) is 4.98. The number of carbonyl (C=O) groups is 1. The first-order chi connectivity index (χ1) is 7.58. The van der Waals surface area contributed by atoms with Crippen LogP contribution in [-0.4, -0.2) is 13.0 Å². The van der Waals surface area contributed by atoms with Gasteiger partial charge in [-0.05, 0) is 37.0 Å². The van der Waals surface area contributed by atoms with Gasteiger partial charge in [0.1, 0.15) is 0 Å². The van der Waals surface area contributed by atoms with Crippen LogP contribution < -0.4 is 10.6 Å². The maximum absolute atomic E-state index is 12.2. The van der Waals surface area contributed by atoms with Gasteiger partial charge in [0.25, 0.3) is 0 Å². The molecule has 0 bridgehead atoms. The first-order valence-electron chi connectivity index (χ1n) is 5.75. The lowest BCUT2D eigenvalue weighted by molar-refractivity contribution is -0.119. The number of hydrogen-bond acceptors (Lipinski definition) is 2. The molecule has 1 aromatic rings. The Hall–Kier alpha value is -1.06. The molecular formula is C13H17ClN2O. The van der Waals surface area contributed by atoms with E-state index >= 15 is 0 Å². The molecule has 1 spiro atoms. The van der Waals surface area contributed by atoms with Crippen LogP contribution in [0.2, 0.25) is 0 Å². The van der Waals surface area contributed by atoms with Gasteiger partial charge in [-0.3, -0.25) is 4.79 Å². The molecule has 1 fully saturated rings. The Morgan fingerprint density at radius 1 is 1.41 bits per heavy atom. The second kappa shape index (κ2) is 3.72. The number of rotatable bonds is 1. The lowest BCUT2D eigenvalue weighted by atomic mass is 9.90. The topological polar surface area (TPSA) is 46.3 Å². The number of halogens is 1. The number of amides is 1. The minimum atomic E-state index is -0.214. The van der Waals surface area contributed by atoms with Crippen molar-refractivity contribution in [1.82, 2.24) is 0 Å². The Labute approximate surface area is 107 Å². The van der Waals surface area contributed by atoms with Crippen molar-refractivity contribution in [3.8, 4) is 0 Å². The summed E-state index contributed by atoms with van der Waals surface area (Å²) in [5.41, 5.74) is 9.16. The summed E-state index contributed by atoms with van der Waals surface area (Å²) in [6.07, 6.45) is 1.96. The fourth-order valence-electron chi connectivity index (χ4n) is 2.86. The minimum absolute atomic E-state index is 0. The van der Waals surface area contributed by atoms with Crippen LogP contribution in [0.15, 0.2) is 18.2 Å². The Balaban J connectivity index is 0.00000108. The molecule has 17 heavy (non-hydrogen) atoms. The molecule has 2 N–H and O–H groups in total. The van der Waals surface area contributed by atoms with Crippen LogP contribution in [0.5, 0.6) is 0 Å². The lowest BCUT2D eigenvalue weighted by Gasteiger charge is -2.14. The summed E-state index contributed by atoms with van der Waals surface area (Å²) in [7, 11) is 1.86. The van der Waals surface area contributed by atoms with E-state index in [1.54, 1.807) is 4.90 Å². The molecule has 1 aliphatic carbocycles. The normalized spacial score (nSPS) is 21.1. The van der Waals surface area contributed by atoms with Gasteiger partial charge in [-0.15, -0.1) is 12.4 Å². The van der Waals surface area contributed by atoms with Crippen molar-refractivity contribution >= 4 is 24.0 Å². The highest BCUT2D eigenvalue weighted by Gasteiger charge is 2.59. The van der Waals surface area contributed by atoms with Crippen LogP contribution >= 0.6 is 12.4 Å². The molecule has 3 nitrogen and oxygen atoms in total. The average Bonchev–Trinajstić information content (AvgIpc) is 3.03. The number of anilines is 1. The molecule has 1 unspecified atom stereocenters. The smallest absolute Gasteiger partial charge is 0.237 e. The van der Waals surface area contributed by atoms with Gasteiger partial charge < -0.3 is 10.6 Å². The number of likely N-dealkylation sites (N-methyl/N-ethyl adjacent to an activating group) is 1.